The molecule has 0 saturated heterocycles. The van der Waals surface area contributed by atoms with E-state index in [2.05, 4.69) is 36.6 Å². The number of rotatable bonds is 5. The number of carbonyl (C=O) groups excluding carboxylic acids is 1. The van der Waals surface area contributed by atoms with Crippen LogP contribution in [0, 0.1) is 0 Å². The molecule has 1 aromatic rings. The molecule has 2 nitrogen and oxygen atoms in total. The summed E-state index contributed by atoms with van der Waals surface area (Å²) in [4.78, 5) is 11.8. The maximum absolute atomic E-state index is 12.3. The average Bonchev–Trinajstić information content (AvgIpc) is 2.26. The minimum Gasteiger partial charge on any atom is -0.405 e. The van der Waals surface area contributed by atoms with Gasteiger partial charge >= 0.3 is 6.36 Å². The summed E-state index contributed by atoms with van der Waals surface area (Å²) in [7, 11) is 0. The lowest BCUT2D eigenvalue weighted by Crippen LogP contribution is -2.19. The van der Waals surface area contributed by atoms with Crippen LogP contribution in [0.2, 0.25) is 0 Å². The molecule has 18 heavy (non-hydrogen) atoms. The SMILES string of the molecule is O=C(CCBr)c1c(CBr)cccc1OC(F)(F)F. The molecule has 0 fully saturated rings. The van der Waals surface area contributed by atoms with E-state index in [0.717, 1.165) is 6.07 Å². The summed E-state index contributed by atoms with van der Waals surface area (Å²) in [6.45, 7) is 0. The maximum atomic E-state index is 12.3. The summed E-state index contributed by atoms with van der Waals surface area (Å²) in [6.07, 6.45) is -4.70. The lowest BCUT2D eigenvalue weighted by atomic mass is 10.0. The van der Waals surface area contributed by atoms with E-state index in [4.69, 9.17) is 0 Å². The summed E-state index contributed by atoms with van der Waals surface area (Å²) in [5, 5.41) is 0.666. The van der Waals surface area contributed by atoms with Crippen LogP contribution in [-0.4, -0.2) is 17.5 Å². The Bertz CT molecular complexity index is 433. The first-order valence-corrected chi connectivity index (χ1v) is 7.16. The number of halogens is 5. The number of hydrogen-bond acceptors (Lipinski definition) is 2. The molecule has 0 aliphatic rings. The highest BCUT2D eigenvalue weighted by molar-refractivity contribution is 9.09. The van der Waals surface area contributed by atoms with E-state index < -0.39 is 12.1 Å². The van der Waals surface area contributed by atoms with E-state index >= 15 is 0 Å². The minimum atomic E-state index is -4.81. The zero-order valence-electron chi connectivity index (χ0n) is 9.06. The Morgan fingerprint density at radius 1 is 1.28 bits per heavy atom. The van der Waals surface area contributed by atoms with Gasteiger partial charge in [-0.3, -0.25) is 4.79 Å². The number of carbonyl (C=O) groups is 1. The van der Waals surface area contributed by atoms with E-state index in [-0.39, 0.29) is 23.1 Å². The van der Waals surface area contributed by atoms with Crippen molar-refractivity contribution in [3.63, 3.8) is 0 Å². The Kier molecular flexibility index (Phi) is 5.65. The number of Topliss-reactive ketones (excluding diaryl/α,β-unsaturated/α-hetero) is 1. The van der Waals surface area contributed by atoms with E-state index in [1.54, 1.807) is 6.07 Å². The number of hydrogen-bond donors (Lipinski definition) is 0. The standard InChI is InChI=1S/C11H9Br2F3O2/c12-5-4-8(17)10-7(6-13)2-1-3-9(10)18-11(14,15)16/h1-3H,4-6H2. The Labute approximate surface area is 119 Å². The molecule has 0 heterocycles. The second-order valence-electron chi connectivity index (χ2n) is 3.33. The van der Waals surface area contributed by atoms with Crippen molar-refractivity contribution < 1.29 is 22.7 Å². The normalized spacial score (nSPS) is 11.4. The molecule has 7 heteroatoms. The van der Waals surface area contributed by atoms with Crippen LogP contribution in [0.1, 0.15) is 22.3 Å². The Morgan fingerprint density at radius 2 is 1.94 bits per heavy atom. The van der Waals surface area contributed by atoms with Crippen molar-refractivity contribution in [2.75, 3.05) is 5.33 Å². The highest BCUT2D eigenvalue weighted by atomic mass is 79.9. The average molecular weight is 390 g/mol. The van der Waals surface area contributed by atoms with Gasteiger partial charge in [0.15, 0.2) is 5.78 Å². The lowest BCUT2D eigenvalue weighted by molar-refractivity contribution is -0.274. The Morgan fingerprint density at radius 3 is 2.44 bits per heavy atom. The van der Waals surface area contributed by atoms with Gasteiger partial charge in [0.25, 0.3) is 0 Å². The van der Waals surface area contributed by atoms with Gasteiger partial charge in [-0.25, -0.2) is 0 Å². The molecular weight excluding hydrogens is 381 g/mol. The third-order valence-electron chi connectivity index (χ3n) is 2.08. The van der Waals surface area contributed by atoms with Crippen molar-refractivity contribution >= 4 is 37.6 Å². The van der Waals surface area contributed by atoms with E-state index in [1.165, 1.54) is 6.07 Å². The molecule has 0 aliphatic heterocycles. The van der Waals surface area contributed by atoms with Gasteiger partial charge in [-0.15, -0.1) is 13.2 Å². The molecular formula is C11H9Br2F3O2. The van der Waals surface area contributed by atoms with Crippen LogP contribution in [-0.2, 0) is 5.33 Å². The molecule has 1 aromatic carbocycles. The van der Waals surface area contributed by atoms with Gasteiger partial charge in [0.1, 0.15) is 5.75 Å². The molecule has 0 N–H and O–H groups in total. The largest absolute Gasteiger partial charge is 0.573 e. The van der Waals surface area contributed by atoms with Crippen molar-refractivity contribution in [2.24, 2.45) is 0 Å². The highest BCUT2D eigenvalue weighted by Gasteiger charge is 2.33. The second-order valence-corrected chi connectivity index (χ2v) is 4.69. The fourth-order valence-electron chi connectivity index (χ4n) is 1.42. The molecule has 0 amide bonds. The van der Waals surface area contributed by atoms with Crippen LogP contribution in [0.3, 0.4) is 0 Å². The zero-order chi connectivity index (χ0) is 13.8. The third-order valence-corrected chi connectivity index (χ3v) is 3.08. The molecule has 0 radical (unpaired) electrons. The molecule has 0 unspecified atom stereocenters. The van der Waals surface area contributed by atoms with Crippen molar-refractivity contribution in [1.29, 1.82) is 0 Å². The molecule has 1 rings (SSSR count). The van der Waals surface area contributed by atoms with Crippen LogP contribution < -0.4 is 4.74 Å². The molecule has 0 saturated carbocycles. The molecule has 0 aliphatic carbocycles. The van der Waals surface area contributed by atoms with E-state index in [1.807, 2.05) is 0 Å². The van der Waals surface area contributed by atoms with Crippen LogP contribution in [0.5, 0.6) is 5.75 Å². The van der Waals surface area contributed by atoms with Gasteiger partial charge in [-0.2, -0.15) is 0 Å². The molecule has 0 spiro atoms. The smallest absolute Gasteiger partial charge is 0.405 e. The fraction of sp³-hybridized carbons (Fsp3) is 0.364. The van der Waals surface area contributed by atoms with Crippen molar-refractivity contribution in [2.45, 2.75) is 18.1 Å². The van der Waals surface area contributed by atoms with Crippen molar-refractivity contribution in [3.8, 4) is 5.75 Å². The van der Waals surface area contributed by atoms with Crippen LogP contribution in [0.25, 0.3) is 0 Å². The second kappa shape index (κ2) is 6.56. The van der Waals surface area contributed by atoms with Gasteiger partial charge in [-0.05, 0) is 11.6 Å². The zero-order valence-corrected chi connectivity index (χ0v) is 12.2. The first-order valence-electron chi connectivity index (χ1n) is 4.91. The van der Waals surface area contributed by atoms with Gasteiger partial charge in [-0.1, -0.05) is 44.0 Å². The quantitative estimate of drug-likeness (QED) is 0.549. The number of alkyl halides is 5. The number of ether oxygens (including phenoxy) is 1. The maximum Gasteiger partial charge on any atom is 0.573 e. The molecule has 0 bridgehead atoms. The van der Waals surface area contributed by atoms with Crippen LogP contribution in [0.15, 0.2) is 18.2 Å². The van der Waals surface area contributed by atoms with Crippen molar-refractivity contribution in [1.82, 2.24) is 0 Å². The summed E-state index contributed by atoms with van der Waals surface area (Å²) in [5.74, 6) is -0.841. The molecule has 0 atom stereocenters. The highest BCUT2D eigenvalue weighted by Crippen LogP contribution is 2.30. The number of ketones is 1. The van der Waals surface area contributed by atoms with Gasteiger partial charge in [0, 0.05) is 17.1 Å². The first-order chi connectivity index (χ1) is 8.39. The summed E-state index contributed by atoms with van der Waals surface area (Å²) >= 11 is 6.22. The Hall–Kier alpha value is -0.560. The summed E-state index contributed by atoms with van der Waals surface area (Å²) in [5.41, 5.74) is 0.453. The minimum absolute atomic E-state index is 0.0221. The monoisotopic (exact) mass is 388 g/mol. The third kappa shape index (κ3) is 4.28. The molecule has 100 valence electrons. The van der Waals surface area contributed by atoms with Crippen LogP contribution >= 0.6 is 31.9 Å². The van der Waals surface area contributed by atoms with Gasteiger partial charge < -0.3 is 4.74 Å². The fourth-order valence-corrected chi connectivity index (χ4v) is 2.25. The van der Waals surface area contributed by atoms with E-state index in [9.17, 15) is 18.0 Å². The molecule has 0 aromatic heterocycles. The number of benzene rings is 1. The summed E-state index contributed by atoms with van der Waals surface area (Å²) < 4.78 is 40.6. The lowest BCUT2D eigenvalue weighted by Gasteiger charge is -2.14. The predicted molar refractivity (Wildman–Crippen MR) is 68.5 cm³/mol. The van der Waals surface area contributed by atoms with Gasteiger partial charge in [0.2, 0.25) is 0 Å². The summed E-state index contributed by atoms with van der Waals surface area (Å²) in [6, 6.07) is 4.14. The predicted octanol–water partition coefficient (Wildman–Crippen LogP) is 4.45. The first kappa shape index (κ1) is 15.5. The van der Waals surface area contributed by atoms with Crippen molar-refractivity contribution in [3.05, 3.63) is 29.3 Å². The van der Waals surface area contributed by atoms with Crippen LogP contribution in [0.4, 0.5) is 13.2 Å². The Balaban J connectivity index is 3.20. The van der Waals surface area contributed by atoms with E-state index in [0.29, 0.717) is 10.9 Å². The van der Waals surface area contributed by atoms with Gasteiger partial charge in [0.05, 0.1) is 5.56 Å². The topological polar surface area (TPSA) is 26.3 Å².